The Balaban J connectivity index is 1.71. The summed E-state index contributed by atoms with van der Waals surface area (Å²) < 4.78 is 5.37. The number of hydrogen-bond acceptors (Lipinski definition) is 5. The van der Waals surface area contributed by atoms with E-state index in [0.717, 1.165) is 5.69 Å². The van der Waals surface area contributed by atoms with E-state index in [-0.39, 0.29) is 30.4 Å². The molecule has 0 atom stereocenters. The van der Waals surface area contributed by atoms with Crippen molar-refractivity contribution in [3.63, 3.8) is 0 Å². The Morgan fingerprint density at radius 1 is 1.38 bits per heavy atom. The maximum Gasteiger partial charge on any atom is 0.265 e. The first kappa shape index (κ1) is 16.4. The van der Waals surface area contributed by atoms with Crippen molar-refractivity contribution in [1.29, 1.82) is 0 Å². The van der Waals surface area contributed by atoms with Crippen molar-refractivity contribution in [2.45, 2.75) is 26.2 Å². The molecule has 0 bridgehead atoms. The molecule has 1 N–H and O–H groups in total. The summed E-state index contributed by atoms with van der Waals surface area (Å²) in [5, 5.41) is 5.24. The van der Waals surface area contributed by atoms with E-state index in [1.165, 1.54) is 16.2 Å². The number of rotatable bonds is 3. The highest BCUT2D eigenvalue weighted by Gasteiger charge is 2.27. The van der Waals surface area contributed by atoms with Crippen LogP contribution in [0.5, 0.6) is 5.75 Å². The molecular weight excluding hydrogens is 326 g/mol. The number of anilines is 2. The number of amides is 2. The number of aromatic nitrogens is 1. The zero-order valence-electron chi connectivity index (χ0n) is 13.8. The first-order chi connectivity index (χ1) is 11.3. The molecule has 6 nitrogen and oxygen atoms in total. The molecule has 1 aliphatic heterocycles. The van der Waals surface area contributed by atoms with Gasteiger partial charge in [0.2, 0.25) is 5.91 Å². The van der Waals surface area contributed by atoms with Gasteiger partial charge in [0.05, 0.1) is 11.4 Å². The number of carbonyl (C=O) groups is 2. The molecule has 3 rings (SSSR count). The van der Waals surface area contributed by atoms with Crippen molar-refractivity contribution in [3.05, 3.63) is 35.3 Å². The molecule has 7 heteroatoms. The number of thiazole rings is 1. The molecule has 1 aromatic carbocycles. The van der Waals surface area contributed by atoms with E-state index in [0.29, 0.717) is 16.6 Å². The SMILES string of the molecule is CC(C)(C)c1csc(NC(=O)CN2C(=O)COc3ccccc32)n1. The number of ether oxygens (including phenoxy) is 1. The van der Waals surface area contributed by atoms with Crippen molar-refractivity contribution >= 4 is 34.0 Å². The van der Waals surface area contributed by atoms with Gasteiger partial charge < -0.3 is 10.1 Å². The third kappa shape index (κ3) is 3.41. The molecule has 0 fully saturated rings. The second-order valence-corrected chi connectivity index (χ2v) is 7.43. The smallest absolute Gasteiger partial charge is 0.265 e. The number of fused-ring (bicyclic) bond motifs is 1. The van der Waals surface area contributed by atoms with Crippen LogP contribution in [0.3, 0.4) is 0 Å². The molecule has 0 unspecified atom stereocenters. The molecule has 0 spiro atoms. The van der Waals surface area contributed by atoms with Crippen molar-refractivity contribution < 1.29 is 14.3 Å². The van der Waals surface area contributed by atoms with E-state index in [2.05, 4.69) is 31.1 Å². The van der Waals surface area contributed by atoms with Gasteiger partial charge in [0.15, 0.2) is 11.7 Å². The lowest BCUT2D eigenvalue weighted by Gasteiger charge is -2.28. The highest BCUT2D eigenvalue weighted by Crippen LogP contribution is 2.31. The molecule has 1 aromatic heterocycles. The van der Waals surface area contributed by atoms with Gasteiger partial charge in [0.1, 0.15) is 12.3 Å². The van der Waals surface area contributed by atoms with Gasteiger partial charge in [-0.3, -0.25) is 14.5 Å². The Bertz CT molecular complexity index is 779. The first-order valence-corrected chi connectivity index (χ1v) is 8.50. The lowest BCUT2D eigenvalue weighted by molar-refractivity contribution is -0.123. The summed E-state index contributed by atoms with van der Waals surface area (Å²) in [5.74, 6) is 0.0856. The van der Waals surface area contributed by atoms with Gasteiger partial charge in [-0.25, -0.2) is 4.98 Å². The van der Waals surface area contributed by atoms with Crippen LogP contribution in [0.25, 0.3) is 0 Å². The molecule has 0 saturated carbocycles. The molecule has 2 heterocycles. The lowest BCUT2D eigenvalue weighted by atomic mass is 9.93. The Morgan fingerprint density at radius 3 is 2.83 bits per heavy atom. The van der Waals surface area contributed by atoms with Crippen LogP contribution in [-0.4, -0.2) is 29.9 Å². The maximum absolute atomic E-state index is 12.3. The van der Waals surface area contributed by atoms with Crippen LogP contribution in [-0.2, 0) is 15.0 Å². The largest absolute Gasteiger partial charge is 0.482 e. The number of para-hydroxylation sites is 2. The van der Waals surface area contributed by atoms with Crippen molar-refractivity contribution in [2.75, 3.05) is 23.4 Å². The van der Waals surface area contributed by atoms with Crippen molar-refractivity contribution in [1.82, 2.24) is 4.98 Å². The quantitative estimate of drug-likeness (QED) is 0.928. The predicted molar refractivity (Wildman–Crippen MR) is 93.7 cm³/mol. The maximum atomic E-state index is 12.3. The summed E-state index contributed by atoms with van der Waals surface area (Å²) in [7, 11) is 0. The van der Waals surface area contributed by atoms with Crippen molar-refractivity contribution in [2.24, 2.45) is 0 Å². The van der Waals surface area contributed by atoms with E-state index in [1.807, 2.05) is 17.5 Å². The standard InChI is InChI=1S/C17H19N3O3S/c1-17(2,3)13-10-24-16(18-13)19-14(21)8-20-11-6-4-5-7-12(11)23-9-15(20)22/h4-7,10H,8-9H2,1-3H3,(H,18,19,21). The molecule has 1 aliphatic rings. The zero-order valence-corrected chi connectivity index (χ0v) is 14.6. The van der Waals surface area contributed by atoms with E-state index >= 15 is 0 Å². The second kappa shape index (κ2) is 6.24. The van der Waals surface area contributed by atoms with Gasteiger partial charge in [0.25, 0.3) is 5.91 Å². The minimum Gasteiger partial charge on any atom is -0.482 e. The summed E-state index contributed by atoms with van der Waals surface area (Å²) in [6.45, 7) is 6.07. The summed E-state index contributed by atoms with van der Waals surface area (Å²) in [4.78, 5) is 30.3. The van der Waals surface area contributed by atoms with E-state index in [9.17, 15) is 9.59 Å². The van der Waals surface area contributed by atoms with Crippen molar-refractivity contribution in [3.8, 4) is 5.75 Å². The Morgan fingerprint density at radius 2 is 2.12 bits per heavy atom. The van der Waals surface area contributed by atoms with Gasteiger partial charge in [-0.1, -0.05) is 32.9 Å². The van der Waals surface area contributed by atoms with E-state index < -0.39 is 0 Å². The molecular formula is C17H19N3O3S. The Kier molecular flexibility index (Phi) is 4.28. The van der Waals surface area contributed by atoms with Gasteiger partial charge in [-0.2, -0.15) is 0 Å². The molecule has 24 heavy (non-hydrogen) atoms. The van der Waals surface area contributed by atoms with Crippen LogP contribution in [0.1, 0.15) is 26.5 Å². The van der Waals surface area contributed by atoms with E-state index in [1.54, 1.807) is 12.1 Å². The van der Waals surface area contributed by atoms with Gasteiger partial charge in [-0.05, 0) is 12.1 Å². The molecule has 2 amide bonds. The number of nitrogens with zero attached hydrogens (tertiary/aromatic N) is 2. The summed E-state index contributed by atoms with van der Waals surface area (Å²) in [6, 6.07) is 7.18. The van der Waals surface area contributed by atoms with Crippen LogP contribution < -0.4 is 15.0 Å². The minimum atomic E-state index is -0.283. The monoisotopic (exact) mass is 345 g/mol. The van der Waals surface area contributed by atoms with Gasteiger partial charge in [-0.15, -0.1) is 11.3 Å². The number of hydrogen-bond donors (Lipinski definition) is 1. The highest BCUT2D eigenvalue weighted by atomic mass is 32.1. The first-order valence-electron chi connectivity index (χ1n) is 7.62. The Labute approximate surface area is 144 Å². The second-order valence-electron chi connectivity index (χ2n) is 6.57. The van der Waals surface area contributed by atoms with E-state index in [4.69, 9.17) is 4.74 Å². The average molecular weight is 345 g/mol. The average Bonchev–Trinajstić information content (AvgIpc) is 2.99. The van der Waals surface area contributed by atoms with Gasteiger partial charge in [0, 0.05) is 10.8 Å². The third-order valence-corrected chi connectivity index (χ3v) is 4.39. The van der Waals surface area contributed by atoms with Crippen LogP contribution >= 0.6 is 11.3 Å². The normalized spacial score (nSPS) is 14.1. The molecule has 0 radical (unpaired) electrons. The van der Waals surface area contributed by atoms with Crippen LogP contribution in [0.15, 0.2) is 29.6 Å². The summed E-state index contributed by atoms with van der Waals surface area (Å²) in [6.07, 6.45) is 0. The molecule has 0 saturated heterocycles. The predicted octanol–water partition coefficient (Wildman–Crippen LogP) is 2.80. The Hall–Kier alpha value is -2.41. The minimum absolute atomic E-state index is 0.0598. The van der Waals surface area contributed by atoms with Gasteiger partial charge >= 0.3 is 0 Å². The molecule has 2 aromatic rings. The fourth-order valence-electron chi connectivity index (χ4n) is 2.31. The molecule has 0 aliphatic carbocycles. The fraction of sp³-hybridized carbons (Fsp3) is 0.353. The third-order valence-electron chi connectivity index (χ3n) is 3.63. The lowest BCUT2D eigenvalue weighted by Crippen LogP contribution is -2.43. The number of carbonyl (C=O) groups excluding carboxylic acids is 2. The number of nitrogens with one attached hydrogen (secondary N) is 1. The summed E-state index contributed by atoms with van der Waals surface area (Å²) in [5.41, 5.74) is 1.47. The highest BCUT2D eigenvalue weighted by molar-refractivity contribution is 7.13. The fourth-order valence-corrected chi connectivity index (χ4v) is 3.26. The summed E-state index contributed by atoms with van der Waals surface area (Å²) >= 11 is 1.38. The van der Waals surface area contributed by atoms with Crippen LogP contribution in [0.4, 0.5) is 10.8 Å². The van der Waals surface area contributed by atoms with Crippen LogP contribution in [0.2, 0.25) is 0 Å². The zero-order chi connectivity index (χ0) is 17.3. The topological polar surface area (TPSA) is 71.5 Å². The van der Waals surface area contributed by atoms with Crippen LogP contribution in [0, 0.1) is 0 Å². The number of benzene rings is 1. The molecule has 126 valence electrons.